The van der Waals surface area contributed by atoms with Gasteiger partial charge in [-0.2, -0.15) is 5.10 Å². The van der Waals surface area contributed by atoms with Crippen molar-refractivity contribution in [3.05, 3.63) is 93.5 Å². The Balaban J connectivity index is 1.56. The fourth-order valence-electron chi connectivity index (χ4n) is 2.58. The van der Waals surface area contributed by atoms with Crippen LogP contribution in [0, 0.1) is 0 Å². The zero-order chi connectivity index (χ0) is 19.8. The van der Waals surface area contributed by atoms with Crippen LogP contribution in [-0.4, -0.2) is 13.3 Å². The van der Waals surface area contributed by atoms with E-state index in [0.29, 0.717) is 23.2 Å². The highest BCUT2D eigenvalue weighted by Gasteiger charge is 2.03. The maximum absolute atomic E-state index is 6.18. The molecule has 0 atom stereocenters. The molecule has 0 saturated heterocycles. The summed E-state index contributed by atoms with van der Waals surface area (Å²) in [5, 5.41) is 5.47. The fourth-order valence-corrected chi connectivity index (χ4v) is 3.05. The van der Waals surface area contributed by atoms with Gasteiger partial charge in [0.15, 0.2) is 0 Å². The minimum Gasteiger partial charge on any atom is -0.496 e. The van der Waals surface area contributed by atoms with E-state index in [0.717, 1.165) is 28.2 Å². The highest BCUT2D eigenvalue weighted by Crippen LogP contribution is 2.23. The minimum atomic E-state index is 0.364. The zero-order valence-electron chi connectivity index (χ0n) is 15.4. The largest absolute Gasteiger partial charge is 0.496 e. The molecule has 0 heterocycles. The molecular formula is C22H20Cl2N2O2. The van der Waals surface area contributed by atoms with E-state index in [9.17, 15) is 0 Å². The second-order valence-corrected chi connectivity index (χ2v) is 6.85. The Morgan fingerprint density at radius 1 is 0.964 bits per heavy atom. The van der Waals surface area contributed by atoms with E-state index >= 15 is 0 Å². The summed E-state index contributed by atoms with van der Waals surface area (Å²) in [4.78, 5) is 0. The predicted octanol–water partition coefficient (Wildman–Crippen LogP) is 5.70. The third-order valence-corrected chi connectivity index (χ3v) is 4.62. The number of hydrogen-bond acceptors (Lipinski definition) is 4. The Kier molecular flexibility index (Phi) is 7.18. The molecule has 1 N–H and O–H groups in total. The van der Waals surface area contributed by atoms with Crippen molar-refractivity contribution in [1.82, 2.24) is 5.43 Å². The second-order valence-electron chi connectivity index (χ2n) is 6.00. The lowest BCUT2D eigenvalue weighted by Gasteiger charge is -2.09. The summed E-state index contributed by atoms with van der Waals surface area (Å²) in [7, 11) is 1.66. The van der Waals surface area contributed by atoms with Gasteiger partial charge in [0.2, 0.25) is 0 Å². The van der Waals surface area contributed by atoms with E-state index in [4.69, 9.17) is 32.7 Å². The maximum Gasteiger partial charge on any atom is 0.123 e. The molecule has 3 aromatic rings. The van der Waals surface area contributed by atoms with Crippen LogP contribution in [0.15, 0.2) is 71.8 Å². The van der Waals surface area contributed by atoms with Crippen molar-refractivity contribution in [2.45, 2.75) is 13.2 Å². The van der Waals surface area contributed by atoms with Crippen LogP contribution in [0.1, 0.15) is 16.7 Å². The van der Waals surface area contributed by atoms with Crippen molar-refractivity contribution in [3.63, 3.8) is 0 Å². The van der Waals surface area contributed by atoms with Crippen LogP contribution >= 0.6 is 23.2 Å². The Morgan fingerprint density at radius 3 is 2.64 bits per heavy atom. The van der Waals surface area contributed by atoms with Gasteiger partial charge < -0.3 is 14.9 Å². The van der Waals surface area contributed by atoms with Crippen molar-refractivity contribution in [2.24, 2.45) is 5.10 Å². The van der Waals surface area contributed by atoms with E-state index in [-0.39, 0.29) is 0 Å². The second kappa shape index (κ2) is 10.0. The third-order valence-electron chi connectivity index (χ3n) is 4.03. The molecule has 0 amide bonds. The summed E-state index contributed by atoms with van der Waals surface area (Å²) < 4.78 is 11.2. The number of ether oxygens (including phenoxy) is 2. The van der Waals surface area contributed by atoms with Crippen molar-refractivity contribution in [1.29, 1.82) is 0 Å². The molecule has 0 saturated carbocycles. The van der Waals surface area contributed by atoms with Crippen LogP contribution < -0.4 is 14.9 Å². The number of nitrogens with one attached hydrogen (secondary N) is 1. The lowest BCUT2D eigenvalue weighted by Crippen LogP contribution is -2.06. The molecule has 144 valence electrons. The van der Waals surface area contributed by atoms with Gasteiger partial charge in [0, 0.05) is 21.2 Å². The number of hydrogen-bond donors (Lipinski definition) is 1. The van der Waals surface area contributed by atoms with Gasteiger partial charge in [0.05, 0.1) is 19.9 Å². The SMILES string of the molecule is COc1ccccc1CN/N=C/c1cccc(OCc2ccc(Cl)cc2Cl)c1. The van der Waals surface area contributed by atoms with Crippen LogP contribution in [0.4, 0.5) is 0 Å². The van der Waals surface area contributed by atoms with Crippen molar-refractivity contribution in [3.8, 4) is 11.5 Å². The van der Waals surface area contributed by atoms with Gasteiger partial charge in [-0.3, -0.25) is 0 Å². The van der Waals surface area contributed by atoms with Crippen LogP contribution in [0.25, 0.3) is 0 Å². The third kappa shape index (κ3) is 5.65. The molecular weight excluding hydrogens is 395 g/mol. The summed E-state index contributed by atoms with van der Waals surface area (Å²) in [6.07, 6.45) is 1.75. The van der Waals surface area contributed by atoms with Gasteiger partial charge in [-0.15, -0.1) is 0 Å². The van der Waals surface area contributed by atoms with Gasteiger partial charge in [0.1, 0.15) is 18.1 Å². The summed E-state index contributed by atoms with van der Waals surface area (Å²) >= 11 is 12.1. The molecule has 0 aliphatic heterocycles. The van der Waals surface area contributed by atoms with Gasteiger partial charge in [-0.05, 0) is 35.9 Å². The number of para-hydroxylation sites is 1. The number of benzene rings is 3. The average molecular weight is 415 g/mol. The molecule has 0 radical (unpaired) electrons. The Bertz CT molecular complexity index is 961. The summed E-state index contributed by atoms with van der Waals surface area (Å²) in [6.45, 7) is 0.939. The molecule has 6 heteroatoms. The molecule has 0 aliphatic carbocycles. The maximum atomic E-state index is 6.18. The number of nitrogens with zero attached hydrogens (tertiary/aromatic N) is 1. The molecule has 3 rings (SSSR count). The zero-order valence-corrected chi connectivity index (χ0v) is 16.9. The predicted molar refractivity (Wildman–Crippen MR) is 115 cm³/mol. The smallest absolute Gasteiger partial charge is 0.123 e. The van der Waals surface area contributed by atoms with E-state index < -0.39 is 0 Å². The Hall–Kier alpha value is -2.69. The minimum absolute atomic E-state index is 0.364. The molecule has 0 unspecified atom stereocenters. The number of methoxy groups -OCH3 is 1. The van der Waals surface area contributed by atoms with Crippen LogP contribution in [0.5, 0.6) is 11.5 Å². The highest BCUT2D eigenvalue weighted by molar-refractivity contribution is 6.35. The number of hydrazone groups is 1. The molecule has 0 fully saturated rings. The first kappa shape index (κ1) is 20.1. The van der Waals surface area contributed by atoms with E-state index in [1.807, 2.05) is 54.6 Å². The number of rotatable bonds is 8. The summed E-state index contributed by atoms with van der Waals surface area (Å²) in [5.41, 5.74) is 5.88. The highest BCUT2D eigenvalue weighted by atomic mass is 35.5. The van der Waals surface area contributed by atoms with Crippen molar-refractivity contribution in [2.75, 3.05) is 7.11 Å². The van der Waals surface area contributed by atoms with Crippen LogP contribution in [-0.2, 0) is 13.2 Å². The monoisotopic (exact) mass is 414 g/mol. The summed E-state index contributed by atoms with van der Waals surface area (Å²) in [6, 6.07) is 20.9. The molecule has 4 nitrogen and oxygen atoms in total. The van der Waals surface area contributed by atoms with Crippen LogP contribution in [0.2, 0.25) is 10.0 Å². The standard InChI is InChI=1S/C22H20Cl2N2O2/c1-27-22-8-3-2-6-17(22)14-26-25-13-16-5-4-7-20(11-16)28-15-18-9-10-19(23)12-21(18)24/h2-13,26H,14-15H2,1H3/b25-13+. The molecule has 0 spiro atoms. The molecule has 0 aliphatic rings. The Morgan fingerprint density at radius 2 is 1.82 bits per heavy atom. The van der Waals surface area contributed by atoms with Gasteiger partial charge in [0.25, 0.3) is 0 Å². The topological polar surface area (TPSA) is 42.8 Å². The first-order valence-corrected chi connectivity index (χ1v) is 9.46. The van der Waals surface area contributed by atoms with Gasteiger partial charge in [-0.25, -0.2) is 0 Å². The summed E-state index contributed by atoms with van der Waals surface area (Å²) in [5.74, 6) is 1.57. The lowest BCUT2D eigenvalue weighted by atomic mass is 10.2. The van der Waals surface area contributed by atoms with Gasteiger partial charge >= 0.3 is 0 Å². The molecule has 0 aromatic heterocycles. The molecule has 28 heavy (non-hydrogen) atoms. The fraction of sp³-hybridized carbons (Fsp3) is 0.136. The Labute approximate surface area is 174 Å². The first-order valence-electron chi connectivity index (χ1n) is 8.70. The quantitative estimate of drug-likeness (QED) is 0.379. The van der Waals surface area contributed by atoms with E-state index in [1.54, 1.807) is 25.5 Å². The van der Waals surface area contributed by atoms with E-state index in [1.165, 1.54) is 0 Å². The molecule has 0 bridgehead atoms. The number of halogens is 2. The van der Waals surface area contributed by atoms with Gasteiger partial charge in [-0.1, -0.05) is 59.6 Å². The van der Waals surface area contributed by atoms with Crippen molar-refractivity contribution >= 4 is 29.4 Å². The lowest BCUT2D eigenvalue weighted by molar-refractivity contribution is 0.306. The first-order chi connectivity index (χ1) is 13.7. The van der Waals surface area contributed by atoms with E-state index in [2.05, 4.69) is 10.5 Å². The average Bonchev–Trinajstić information content (AvgIpc) is 2.71. The normalized spacial score (nSPS) is 10.8. The van der Waals surface area contributed by atoms with Crippen molar-refractivity contribution < 1.29 is 9.47 Å². The molecule has 3 aromatic carbocycles. The van der Waals surface area contributed by atoms with Crippen LogP contribution in [0.3, 0.4) is 0 Å².